The fraction of sp³-hybridized carbons (Fsp3) is 0.562. The van der Waals surface area contributed by atoms with Gasteiger partial charge in [-0.1, -0.05) is 19.0 Å². The Labute approximate surface area is 145 Å². The van der Waals surface area contributed by atoms with Crippen LogP contribution in [0.2, 0.25) is 0 Å². The molecule has 0 bridgehead atoms. The van der Waals surface area contributed by atoms with Gasteiger partial charge >= 0.3 is 0 Å². The van der Waals surface area contributed by atoms with Crippen molar-refractivity contribution in [2.24, 2.45) is 0 Å². The van der Waals surface area contributed by atoms with Crippen LogP contribution in [-0.2, 0) is 11.2 Å². The van der Waals surface area contributed by atoms with Gasteiger partial charge < -0.3 is 20.3 Å². The van der Waals surface area contributed by atoms with Crippen molar-refractivity contribution in [3.05, 3.63) is 29.2 Å². The molecule has 9 nitrogen and oxygen atoms in total. The number of nitrogen functional groups attached to an aromatic ring is 1. The van der Waals surface area contributed by atoms with Crippen LogP contribution in [0.15, 0.2) is 10.6 Å². The number of carbonyl (C=O) groups excluding carboxylic acids is 1. The molecule has 134 valence electrons. The first-order valence-electron chi connectivity index (χ1n) is 8.39. The molecule has 0 radical (unpaired) electrons. The molecule has 3 N–H and O–H groups in total. The summed E-state index contributed by atoms with van der Waals surface area (Å²) in [6, 6.07) is 1.65. The second kappa shape index (κ2) is 7.56. The molecule has 2 aromatic rings. The lowest BCUT2D eigenvalue weighted by Gasteiger charge is -2.08. The second-order valence-electron chi connectivity index (χ2n) is 6.25. The molecular formula is C16H22N6O3. The molecule has 25 heavy (non-hydrogen) atoms. The number of hydrogen-bond donors (Lipinski definition) is 2. The molecule has 0 saturated carbocycles. The third-order valence-corrected chi connectivity index (χ3v) is 3.91. The molecule has 1 saturated heterocycles. The monoisotopic (exact) mass is 346 g/mol. The summed E-state index contributed by atoms with van der Waals surface area (Å²) in [6.07, 6.45) is 2.25. The molecule has 3 heterocycles. The average Bonchev–Trinajstić information content (AvgIpc) is 3.25. The summed E-state index contributed by atoms with van der Waals surface area (Å²) in [5.41, 5.74) is 6.66. The Morgan fingerprint density at radius 3 is 2.96 bits per heavy atom. The van der Waals surface area contributed by atoms with Gasteiger partial charge in [-0.15, -0.1) is 0 Å². The summed E-state index contributed by atoms with van der Waals surface area (Å²) >= 11 is 0. The summed E-state index contributed by atoms with van der Waals surface area (Å²) in [6.45, 7) is 5.04. The van der Waals surface area contributed by atoms with Gasteiger partial charge in [-0.25, -0.2) is 9.97 Å². The lowest BCUT2D eigenvalue weighted by molar-refractivity contribution is 0.0835. The first-order valence-corrected chi connectivity index (χ1v) is 8.39. The molecule has 1 aliphatic rings. The van der Waals surface area contributed by atoms with Crippen LogP contribution in [0.5, 0.6) is 0 Å². The second-order valence-corrected chi connectivity index (χ2v) is 6.25. The van der Waals surface area contributed by atoms with Gasteiger partial charge in [-0.2, -0.15) is 4.98 Å². The Hall–Kier alpha value is -2.55. The van der Waals surface area contributed by atoms with E-state index in [0.717, 1.165) is 25.1 Å². The molecule has 2 aromatic heterocycles. The number of nitrogens with two attached hydrogens (primary N) is 1. The van der Waals surface area contributed by atoms with Gasteiger partial charge in [0, 0.05) is 25.3 Å². The molecular weight excluding hydrogens is 324 g/mol. The topological polar surface area (TPSA) is 129 Å². The molecule has 1 amide bonds. The van der Waals surface area contributed by atoms with Crippen molar-refractivity contribution in [2.45, 2.75) is 45.1 Å². The maximum absolute atomic E-state index is 12.2. The van der Waals surface area contributed by atoms with Crippen LogP contribution < -0.4 is 11.1 Å². The summed E-state index contributed by atoms with van der Waals surface area (Å²) in [4.78, 5) is 24.7. The maximum atomic E-state index is 12.2. The molecule has 0 unspecified atom stereocenters. The normalized spacial score (nSPS) is 17.2. The summed E-state index contributed by atoms with van der Waals surface area (Å²) in [5, 5.41) is 6.70. The van der Waals surface area contributed by atoms with Crippen LogP contribution in [0.3, 0.4) is 0 Å². The standard InChI is InChI=1S/C16H22N6O3/c1-9(2)10-8-11(20-16(17)19-10)14(23)18-6-5-13-21-15(25-22-13)12-4-3-7-24-12/h8-9,12H,3-7H2,1-2H3,(H,18,23)(H2,17,19,20)/t12-/m1/s1. The first kappa shape index (κ1) is 17.3. The third-order valence-electron chi connectivity index (χ3n) is 3.91. The molecule has 0 aliphatic carbocycles. The largest absolute Gasteiger partial charge is 0.368 e. The zero-order valence-electron chi connectivity index (χ0n) is 14.4. The number of nitrogens with zero attached hydrogens (tertiary/aromatic N) is 4. The van der Waals surface area contributed by atoms with Gasteiger partial charge in [0.15, 0.2) is 5.82 Å². The molecule has 0 spiro atoms. The predicted octanol–water partition coefficient (Wildman–Crippen LogP) is 1.39. The van der Waals surface area contributed by atoms with Crippen molar-refractivity contribution >= 4 is 11.9 Å². The number of anilines is 1. The van der Waals surface area contributed by atoms with Crippen LogP contribution in [-0.4, -0.2) is 39.2 Å². The molecule has 3 rings (SSSR count). The highest BCUT2D eigenvalue weighted by Crippen LogP contribution is 2.26. The van der Waals surface area contributed by atoms with E-state index in [1.165, 1.54) is 0 Å². The van der Waals surface area contributed by atoms with Gasteiger partial charge in [0.05, 0.1) is 0 Å². The van der Waals surface area contributed by atoms with E-state index in [4.69, 9.17) is 15.0 Å². The van der Waals surface area contributed by atoms with Gasteiger partial charge in [0.2, 0.25) is 5.95 Å². The van der Waals surface area contributed by atoms with Crippen LogP contribution in [0.25, 0.3) is 0 Å². The number of amides is 1. The first-order chi connectivity index (χ1) is 12.0. The molecule has 1 aliphatic heterocycles. The lowest BCUT2D eigenvalue weighted by atomic mass is 10.1. The van der Waals surface area contributed by atoms with E-state index in [2.05, 4.69) is 25.4 Å². The Morgan fingerprint density at radius 2 is 2.24 bits per heavy atom. The number of hydrogen-bond acceptors (Lipinski definition) is 8. The SMILES string of the molecule is CC(C)c1cc(C(=O)NCCc2noc([C@H]3CCCO3)n2)nc(N)n1. The van der Waals surface area contributed by atoms with E-state index in [1.54, 1.807) is 6.07 Å². The molecule has 0 aromatic carbocycles. The van der Waals surface area contributed by atoms with Crippen LogP contribution >= 0.6 is 0 Å². The number of nitrogens with one attached hydrogen (secondary N) is 1. The number of rotatable bonds is 6. The number of carbonyl (C=O) groups is 1. The number of aromatic nitrogens is 4. The average molecular weight is 346 g/mol. The van der Waals surface area contributed by atoms with Crippen LogP contribution in [0, 0.1) is 0 Å². The van der Waals surface area contributed by atoms with Crippen molar-refractivity contribution in [1.29, 1.82) is 0 Å². The molecule has 9 heteroatoms. The van der Waals surface area contributed by atoms with E-state index in [1.807, 2.05) is 13.8 Å². The molecule has 1 fully saturated rings. The van der Waals surface area contributed by atoms with E-state index >= 15 is 0 Å². The number of ether oxygens (including phenoxy) is 1. The van der Waals surface area contributed by atoms with E-state index in [-0.39, 0.29) is 29.6 Å². The van der Waals surface area contributed by atoms with Crippen LogP contribution in [0.4, 0.5) is 5.95 Å². The van der Waals surface area contributed by atoms with Crippen molar-refractivity contribution in [2.75, 3.05) is 18.9 Å². The Balaban J connectivity index is 1.54. The highest BCUT2D eigenvalue weighted by atomic mass is 16.5. The van der Waals surface area contributed by atoms with E-state index in [9.17, 15) is 4.79 Å². The minimum absolute atomic E-state index is 0.0933. The fourth-order valence-electron chi connectivity index (χ4n) is 2.55. The smallest absolute Gasteiger partial charge is 0.270 e. The van der Waals surface area contributed by atoms with Crippen molar-refractivity contribution in [1.82, 2.24) is 25.4 Å². The van der Waals surface area contributed by atoms with Gasteiger partial charge in [-0.3, -0.25) is 4.79 Å². The zero-order chi connectivity index (χ0) is 17.8. The predicted molar refractivity (Wildman–Crippen MR) is 88.8 cm³/mol. The van der Waals surface area contributed by atoms with Crippen molar-refractivity contribution < 1.29 is 14.1 Å². The fourth-order valence-corrected chi connectivity index (χ4v) is 2.55. The summed E-state index contributed by atoms with van der Waals surface area (Å²) < 4.78 is 10.7. The summed E-state index contributed by atoms with van der Waals surface area (Å²) in [7, 11) is 0. The van der Waals surface area contributed by atoms with Gasteiger partial charge in [-0.05, 0) is 24.8 Å². The van der Waals surface area contributed by atoms with Gasteiger partial charge in [0.1, 0.15) is 11.8 Å². The Bertz CT molecular complexity index is 739. The Morgan fingerprint density at radius 1 is 1.40 bits per heavy atom. The highest BCUT2D eigenvalue weighted by Gasteiger charge is 2.23. The van der Waals surface area contributed by atoms with Gasteiger partial charge in [0.25, 0.3) is 11.8 Å². The maximum Gasteiger partial charge on any atom is 0.270 e. The Kier molecular flexibility index (Phi) is 5.22. The summed E-state index contributed by atoms with van der Waals surface area (Å²) in [5.74, 6) is 0.988. The van der Waals surface area contributed by atoms with Crippen LogP contribution in [0.1, 0.15) is 66.6 Å². The highest BCUT2D eigenvalue weighted by molar-refractivity contribution is 5.92. The van der Waals surface area contributed by atoms with Crippen molar-refractivity contribution in [3.63, 3.8) is 0 Å². The van der Waals surface area contributed by atoms with E-state index in [0.29, 0.717) is 24.7 Å². The third kappa shape index (κ3) is 4.30. The lowest BCUT2D eigenvalue weighted by Crippen LogP contribution is -2.27. The van der Waals surface area contributed by atoms with E-state index < -0.39 is 0 Å². The zero-order valence-corrected chi connectivity index (χ0v) is 14.4. The molecule has 1 atom stereocenters. The minimum Gasteiger partial charge on any atom is -0.368 e. The van der Waals surface area contributed by atoms with Crippen molar-refractivity contribution in [3.8, 4) is 0 Å². The quantitative estimate of drug-likeness (QED) is 0.802. The minimum atomic E-state index is -0.307.